The molecule has 1 heterocycles. The van der Waals surface area contributed by atoms with Crippen molar-refractivity contribution in [1.82, 2.24) is 0 Å². The van der Waals surface area contributed by atoms with Gasteiger partial charge in [0.25, 0.3) is 0 Å². The van der Waals surface area contributed by atoms with E-state index in [2.05, 4.69) is 13.8 Å². The van der Waals surface area contributed by atoms with Gasteiger partial charge in [0.2, 0.25) is 0 Å². The summed E-state index contributed by atoms with van der Waals surface area (Å²) in [6, 6.07) is 5.62. The lowest BCUT2D eigenvalue weighted by atomic mass is 10.1. The van der Waals surface area contributed by atoms with E-state index in [4.69, 9.17) is 32.7 Å². The van der Waals surface area contributed by atoms with Gasteiger partial charge in [0.1, 0.15) is 12.4 Å². The maximum atomic E-state index is 6.13. The lowest BCUT2D eigenvalue weighted by Crippen LogP contribution is -2.23. The van der Waals surface area contributed by atoms with Crippen molar-refractivity contribution in [3.8, 4) is 5.75 Å². The molecule has 0 aromatic heterocycles. The fourth-order valence-corrected chi connectivity index (χ4v) is 2.55. The standard InChI is InChI=1S/C14H18Cl2O2/c1-14(2)6-5-11(18-14)9-17-13-4-3-10(8-15)7-12(13)16/h3-4,7,11H,5-6,8-9H2,1-2H3. The van der Waals surface area contributed by atoms with Crippen LogP contribution in [-0.2, 0) is 10.6 Å². The van der Waals surface area contributed by atoms with E-state index in [1.54, 1.807) is 0 Å². The normalized spacial score (nSPS) is 22.1. The maximum absolute atomic E-state index is 6.13. The van der Waals surface area contributed by atoms with Crippen LogP contribution < -0.4 is 4.74 Å². The van der Waals surface area contributed by atoms with Gasteiger partial charge in [0, 0.05) is 5.88 Å². The first kappa shape index (κ1) is 14.0. The molecule has 0 radical (unpaired) electrons. The largest absolute Gasteiger partial charge is 0.489 e. The van der Waals surface area contributed by atoms with Gasteiger partial charge in [-0.05, 0) is 44.4 Å². The summed E-state index contributed by atoms with van der Waals surface area (Å²) in [4.78, 5) is 0. The van der Waals surface area contributed by atoms with Crippen LogP contribution in [0, 0.1) is 0 Å². The molecule has 0 N–H and O–H groups in total. The predicted molar refractivity (Wildman–Crippen MR) is 74.7 cm³/mol. The van der Waals surface area contributed by atoms with E-state index in [1.165, 1.54) is 0 Å². The summed E-state index contributed by atoms with van der Waals surface area (Å²) in [6.45, 7) is 4.76. The van der Waals surface area contributed by atoms with Crippen molar-refractivity contribution in [3.63, 3.8) is 0 Å². The Morgan fingerprint density at radius 3 is 2.78 bits per heavy atom. The average Bonchev–Trinajstić information content (AvgIpc) is 2.67. The fourth-order valence-electron chi connectivity index (χ4n) is 2.12. The van der Waals surface area contributed by atoms with Crippen LogP contribution in [0.15, 0.2) is 18.2 Å². The van der Waals surface area contributed by atoms with Crippen LogP contribution in [0.25, 0.3) is 0 Å². The number of rotatable bonds is 4. The summed E-state index contributed by atoms with van der Waals surface area (Å²) >= 11 is 11.9. The molecule has 0 amide bonds. The smallest absolute Gasteiger partial charge is 0.138 e. The van der Waals surface area contributed by atoms with Crippen molar-refractivity contribution in [2.45, 2.75) is 44.3 Å². The summed E-state index contributed by atoms with van der Waals surface area (Å²) in [6.07, 6.45) is 2.26. The van der Waals surface area contributed by atoms with Gasteiger partial charge in [-0.2, -0.15) is 0 Å². The molecule has 1 aliphatic rings. The molecule has 1 saturated heterocycles. The summed E-state index contributed by atoms with van der Waals surface area (Å²) in [5, 5.41) is 0.602. The van der Waals surface area contributed by atoms with Crippen molar-refractivity contribution >= 4 is 23.2 Å². The molecule has 4 heteroatoms. The predicted octanol–water partition coefficient (Wildman–Crippen LogP) is 4.42. The number of alkyl halides is 1. The molecular formula is C14H18Cl2O2. The van der Waals surface area contributed by atoms with Crippen LogP contribution in [0.2, 0.25) is 5.02 Å². The minimum absolute atomic E-state index is 0.0275. The molecule has 0 aliphatic carbocycles. The molecule has 0 bridgehead atoms. The lowest BCUT2D eigenvalue weighted by Gasteiger charge is -2.19. The highest BCUT2D eigenvalue weighted by Crippen LogP contribution is 2.31. The third kappa shape index (κ3) is 3.53. The fraction of sp³-hybridized carbons (Fsp3) is 0.571. The van der Waals surface area contributed by atoms with Crippen LogP contribution in [0.4, 0.5) is 0 Å². The summed E-state index contributed by atoms with van der Waals surface area (Å²) in [7, 11) is 0. The monoisotopic (exact) mass is 288 g/mol. The van der Waals surface area contributed by atoms with E-state index in [0.717, 1.165) is 18.4 Å². The van der Waals surface area contributed by atoms with Crippen molar-refractivity contribution in [2.24, 2.45) is 0 Å². The number of hydrogen-bond donors (Lipinski definition) is 0. The average molecular weight is 289 g/mol. The van der Waals surface area contributed by atoms with Gasteiger partial charge in [0.05, 0.1) is 16.7 Å². The van der Waals surface area contributed by atoms with Gasteiger partial charge >= 0.3 is 0 Å². The zero-order valence-corrected chi connectivity index (χ0v) is 12.2. The summed E-state index contributed by atoms with van der Waals surface area (Å²) < 4.78 is 11.6. The highest BCUT2D eigenvalue weighted by molar-refractivity contribution is 6.32. The Kier molecular flexibility index (Phi) is 4.41. The minimum Gasteiger partial charge on any atom is -0.489 e. The second kappa shape index (κ2) is 5.68. The molecule has 0 spiro atoms. The highest BCUT2D eigenvalue weighted by atomic mass is 35.5. The van der Waals surface area contributed by atoms with Gasteiger partial charge in [-0.25, -0.2) is 0 Å². The second-order valence-corrected chi connectivity index (χ2v) is 5.92. The molecule has 2 rings (SSSR count). The van der Waals surface area contributed by atoms with Gasteiger partial charge in [-0.1, -0.05) is 17.7 Å². The summed E-state index contributed by atoms with van der Waals surface area (Å²) in [5.74, 6) is 1.15. The van der Waals surface area contributed by atoms with E-state index in [9.17, 15) is 0 Å². The molecule has 1 unspecified atom stereocenters. The Labute approximate surface area is 118 Å². The molecule has 18 heavy (non-hydrogen) atoms. The maximum Gasteiger partial charge on any atom is 0.138 e. The number of benzene rings is 1. The van der Waals surface area contributed by atoms with Crippen molar-refractivity contribution in [1.29, 1.82) is 0 Å². The van der Waals surface area contributed by atoms with E-state index in [0.29, 0.717) is 23.3 Å². The molecule has 1 atom stereocenters. The number of ether oxygens (including phenoxy) is 2. The Balaban J connectivity index is 1.91. The quantitative estimate of drug-likeness (QED) is 0.764. The molecule has 1 aliphatic heterocycles. The summed E-state index contributed by atoms with van der Waals surface area (Å²) in [5.41, 5.74) is 0.965. The Bertz CT molecular complexity index is 418. The minimum atomic E-state index is -0.0275. The van der Waals surface area contributed by atoms with E-state index < -0.39 is 0 Å². The van der Waals surface area contributed by atoms with E-state index >= 15 is 0 Å². The van der Waals surface area contributed by atoms with Gasteiger partial charge in [-0.15, -0.1) is 11.6 Å². The van der Waals surface area contributed by atoms with Gasteiger partial charge < -0.3 is 9.47 Å². The topological polar surface area (TPSA) is 18.5 Å². The number of halogens is 2. The first-order chi connectivity index (χ1) is 8.50. The van der Waals surface area contributed by atoms with Crippen molar-refractivity contribution < 1.29 is 9.47 Å². The van der Waals surface area contributed by atoms with Gasteiger partial charge in [0.15, 0.2) is 0 Å². The van der Waals surface area contributed by atoms with E-state index in [1.807, 2.05) is 18.2 Å². The first-order valence-corrected chi connectivity index (χ1v) is 7.06. The zero-order chi connectivity index (χ0) is 13.2. The van der Waals surface area contributed by atoms with Crippen molar-refractivity contribution in [3.05, 3.63) is 28.8 Å². The van der Waals surface area contributed by atoms with Crippen LogP contribution in [0.1, 0.15) is 32.3 Å². The zero-order valence-electron chi connectivity index (χ0n) is 10.7. The third-order valence-electron chi connectivity index (χ3n) is 3.13. The molecule has 1 aromatic carbocycles. The Morgan fingerprint density at radius 1 is 1.44 bits per heavy atom. The Hall–Kier alpha value is -0.440. The molecule has 1 fully saturated rings. The molecule has 0 saturated carbocycles. The Morgan fingerprint density at radius 2 is 2.22 bits per heavy atom. The van der Waals surface area contributed by atoms with Gasteiger partial charge in [-0.3, -0.25) is 0 Å². The van der Waals surface area contributed by atoms with E-state index in [-0.39, 0.29) is 11.7 Å². The molecular weight excluding hydrogens is 271 g/mol. The third-order valence-corrected chi connectivity index (χ3v) is 3.73. The van der Waals surface area contributed by atoms with Crippen LogP contribution >= 0.6 is 23.2 Å². The van der Waals surface area contributed by atoms with Crippen LogP contribution in [0.3, 0.4) is 0 Å². The highest BCUT2D eigenvalue weighted by Gasteiger charge is 2.31. The molecule has 100 valence electrons. The van der Waals surface area contributed by atoms with Crippen LogP contribution in [0.5, 0.6) is 5.75 Å². The lowest BCUT2D eigenvalue weighted by molar-refractivity contribution is -0.0326. The van der Waals surface area contributed by atoms with Crippen molar-refractivity contribution in [2.75, 3.05) is 6.61 Å². The second-order valence-electron chi connectivity index (χ2n) is 5.25. The SMILES string of the molecule is CC1(C)CCC(COc2ccc(CCl)cc2Cl)O1. The molecule has 2 nitrogen and oxygen atoms in total. The molecule has 1 aromatic rings. The number of hydrogen-bond acceptors (Lipinski definition) is 2. The first-order valence-electron chi connectivity index (χ1n) is 6.15. The van der Waals surface area contributed by atoms with Crippen LogP contribution in [-0.4, -0.2) is 18.3 Å².